The Bertz CT molecular complexity index is 729. The van der Waals surface area contributed by atoms with Crippen molar-refractivity contribution in [1.82, 2.24) is 0 Å². The highest BCUT2D eigenvalue weighted by atomic mass is 16.6. The fourth-order valence-corrected chi connectivity index (χ4v) is 1.88. The Balaban J connectivity index is 2.23. The molecule has 7 heteroatoms. The SMILES string of the molecule is COc1cc(C=NNc2cccc(C)c2)cc([N+](=O)[O-])c1O. The average Bonchev–Trinajstić information content (AvgIpc) is 2.48. The van der Waals surface area contributed by atoms with E-state index in [9.17, 15) is 15.2 Å². The first-order valence-electron chi connectivity index (χ1n) is 6.42. The van der Waals surface area contributed by atoms with E-state index in [1.165, 1.54) is 25.5 Å². The molecule has 0 unspecified atom stereocenters. The van der Waals surface area contributed by atoms with Crippen molar-refractivity contribution in [2.45, 2.75) is 6.92 Å². The number of rotatable bonds is 5. The van der Waals surface area contributed by atoms with E-state index in [4.69, 9.17) is 4.74 Å². The van der Waals surface area contributed by atoms with Crippen molar-refractivity contribution < 1.29 is 14.8 Å². The number of benzene rings is 2. The second-order valence-electron chi connectivity index (χ2n) is 4.59. The number of nitrogens with one attached hydrogen (secondary N) is 1. The van der Waals surface area contributed by atoms with Gasteiger partial charge in [0.2, 0.25) is 5.75 Å². The number of ether oxygens (including phenoxy) is 1. The summed E-state index contributed by atoms with van der Waals surface area (Å²) in [6.45, 7) is 1.96. The fraction of sp³-hybridized carbons (Fsp3) is 0.133. The number of aryl methyl sites for hydroxylation is 1. The van der Waals surface area contributed by atoms with Crippen LogP contribution in [-0.2, 0) is 0 Å². The lowest BCUT2D eigenvalue weighted by atomic mass is 10.2. The number of hydrogen-bond acceptors (Lipinski definition) is 6. The first-order chi connectivity index (χ1) is 10.5. The Morgan fingerprint density at radius 2 is 2.14 bits per heavy atom. The standard InChI is InChI=1S/C15H15N3O4/c1-10-4-3-5-12(6-10)17-16-9-11-7-13(18(20)21)15(19)14(8-11)22-2/h3-9,17,19H,1-2H3. The van der Waals surface area contributed by atoms with Crippen LogP contribution in [0, 0.1) is 17.0 Å². The zero-order valence-corrected chi connectivity index (χ0v) is 12.1. The van der Waals surface area contributed by atoms with Crippen LogP contribution in [0.25, 0.3) is 0 Å². The maximum Gasteiger partial charge on any atom is 0.315 e. The van der Waals surface area contributed by atoms with E-state index in [0.717, 1.165) is 11.3 Å². The van der Waals surface area contributed by atoms with E-state index >= 15 is 0 Å². The number of nitro groups is 1. The molecule has 7 nitrogen and oxygen atoms in total. The summed E-state index contributed by atoms with van der Waals surface area (Å²) in [5.41, 5.74) is 4.72. The van der Waals surface area contributed by atoms with Crippen LogP contribution >= 0.6 is 0 Å². The summed E-state index contributed by atoms with van der Waals surface area (Å²) in [6.07, 6.45) is 1.41. The first kappa shape index (κ1) is 15.3. The number of aromatic hydroxyl groups is 1. The molecule has 2 N–H and O–H groups in total. The number of phenols is 1. The number of methoxy groups -OCH3 is 1. The van der Waals surface area contributed by atoms with Gasteiger partial charge in [0.25, 0.3) is 0 Å². The molecule has 0 spiro atoms. The van der Waals surface area contributed by atoms with Crippen molar-refractivity contribution >= 4 is 17.6 Å². The third-order valence-corrected chi connectivity index (χ3v) is 2.92. The third-order valence-electron chi connectivity index (χ3n) is 2.92. The number of nitro benzene ring substituents is 1. The zero-order chi connectivity index (χ0) is 16.1. The minimum absolute atomic E-state index is 0.0196. The van der Waals surface area contributed by atoms with Crippen LogP contribution in [-0.4, -0.2) is 23.4 Å². The van der Waals surface area contributed by atoms with Crippen LogP contribution < -0.4 is 10.2 Å². The van der Waals surface area contributed by atoms with Gasteiger partial charge in [-0.05, 0) is 30.7 Å². The largest absolute Gasteiger partial charge is 0.500 e. The van der Waals surface area contributed by atoms with Gasteiger partial charge in [0.1, 0.15) is 0 Å². The minimum Gasteiger partial charge on any atom is -0.500 e. The molecule has 114 valence electrons. The average molecular weight is 301 g/mol. The van der Waals surface area contributed by atoms with Gasteiger partial charge in [-0.25, -0.2) is 0 Å². The molecule has 0 fully saturated rings. The van der Waals surface area contributed by atoms with Crippen molar-refractivity contribution in [2.75, 3.05) is 12.5 Å². The lowest BCUT2D eigenvalue weighted by Gasteiger charge is -2.05. The highest BCUT2D eigenvalue weighted by molar-refractivity contribution is 5.83. The summed E-state index contributed by atoms with van der Waals surface area (Å²) in [7, 11) is 1.32. The molecule has 0 saturated carbocycles. The molecule has 22 heavy (non-hydrogen) atoms. The second-order valence-corrected chi connectivity index (χ2v) is 4.59. The highest BCUT2D eigenvalue weighted by Crippen LogP contribution is 2.36. The van der Waals surface area contributed by atoms with Gasteiger partial charge in [0.15, 0.2) is 5.75 Å². The monoisotopic (exact) mass is 301 g/mol. The van der Waals surface area contributed by atoms with Crippen molar-refractivity contribution in [1.29, 1.82) is 0 Å². The predicted molar refractivity (Wildman–Crippen MR) is 83.7 cm³/mol. The molecule has 0 aliphatic heterocycles. The molecule has 0 aliphatic carbocycles. The van der Waals surface area contributed by atoms with Crippen LogP contribution in [0.5, 0.6) is 11.5 Å². The van der Waals surface area contributed by atoms with E-state index in [1.54, 1.807) is 0 Å². The van der Waals surface area contributed by atoms with Crippen molar-refractivity contribution in [2.24, 2.45) is 5.10 Å². The van der Waals surface area contributed by atoms with Gasteiger partial charge in [-0.3, -0.25) is 15.5 Å². The molecule has 0 heterocycles. The van der Waals surface area contributed by atoms with Gasteiger partial charge in [0, 0.05) is 11.6 Å². The molecule has 0 aromatic heterocycles. The lowest BCUT2D eigenvalue weighted by Crippen LogP contribution is -1.96. The van der Waals surface area contributed by atoms with Gasteiger partial charge in [-0.15, -0.1) is 0 Å². The van der Waals surface area contributed by atoms with Gasteiger partial charge >= 0.3 is 5.69 Å². The van der Waals surface area contributed by atoms with E-state index in [-0.39, 0.29) is 5.75 Å². The lowest BCUT2D eigenvalue weighted by molar-refractivity contribution is -0.386. The molecule has 2 aromatic carbocycles. The van der Waals surface area contributed by atoms with Crippen LogP contribution in [0.1, 0.15) is 11.1 Å². The predicted octanol–water partition coefficient (Wildman–Crippen LogP) is 3.06. The Kier molecular flexibility index (Phi) is 4.57. The van der Waals surface area contributed by atoms with Crippen LogP contribution in [0.15, 0.2) is 41.5 Å². The van der Waals surface area contributed by atoms with Crippen LogP contribution in [0.2, 0.25) is 0 Å². The number of phenolic OH excluding ortho intramolecular Hbond substituents is 1. The summed E-state index contributed by atoms with van der Waals surface area (Å²) in [5.74, 6) is -0.484. The van der Waals surface area contributed by atoms with E-state index in [0.29, 0.717) is 5.56 Å². The fourth-order valence-electron chi connectivity index (χ4n) is 1.88. The smallest absolute Gasteiger partial charge is 0.315 e. The van der Waals surface area contributed by atoms with Crippen molar-refractivity contribution in [3.8, 4) is 11.5 Å². The van der Waals surface area contributed by atoms with Gasteiger partial charge < -0.3 is 9.84 Å². The molecular formula is C15H15N3O4. The van der Waals surface area contributed by atoms with Gasteiger partial charge in [-0.2, -0.15) is 5.10 Å². The summed E-state index contributed by atoms with van der Waals surface area (Å²) < 4.78 is 4.92. The number of anilines is 1. The molecule has 2 aromatic rings. The van der Waals surface area contributed by atoms with Gasteiger partial charge in [0.05, 0.1) is 23.9 Å². The van der Waals surface area contributed by atoms with Crippen molar-refractivity contribution in [3.63, 3.8) is 0 Å². The summed E-state index contributed by atoms with van der Waals surface area (Å²) >= 11 is 0. The molecule has 0 bridgehead atoms. The van der Waals surface area contributed by atoms with Crippen LogP contribution in [0.4, 0.5) is 11.4 Å². The molecule has 2 rings (SSSR count). The number of hydrazone groups is 1. The van der Waals surface area contributed by atoms with Crippen molar-refractivity contribution in [3.05, 3.63) is 57.6 Å². The second kappa shape index (κ2) is 6.57. The van der Waals surface area contributed by atoms with E-state index in [2.05, 4.69) is 10.5 Å². The molecule has 0 saturated heterocycles. The van der Waals surface area contributed by atoms with Gasteiger partial charge in [-0.1, -0.05) is 12.1 Å². The Labute approximate surface area is 127 Å². The molecule has 0 aliphatic rings. The quantitative estimate of drug-likeness (QED) is 0.502. The molecule has 0 atom stereocenters. The first-order valence-corrected chi connectivity index (χ1v) is 6.42. The number of hydrogen-bond donors (Lipinski definition) is 2. The summed E-state index contributed by atoms with van der Waals surface area (Å²) in [4.78, 5) is 10.2. The normalized spacial score (nSPS) is 10.6. The molecule has 0 radical (unpaired) electrons. The molecular weight excluding hydrogens is 286 g/mol. The minimum atomic E-state index is -0.677. The Hall–Kier alpha value is -3.09. The maximum atomic E-state index is 10.9. The highest BCUT2D eigenvalue weighted by Gasteiger charge is 2.19. The summed E-state index contributed by atoms with van der Waals surface area (Å²) in [5, 5.41) is 24.6. The molecule has 0 amide bonds. The van der Waals surface area contributed by atoms with E-state index < -0.39 is 16.4 Å². The maximum absolute atomic E-state index is 10.9. The van der Waals surface area contributed by atoms with E-state index in [1.807, 2.05) is 31.2 Å². The zero-order valence-electron chi connectivity index (χ0n) is 12.1. The summed E-state index contributed by atoms with van der Waals surface area (Å²) in [6, 6.07) is 10.3. The number of nitrogens with zero attached hydrogens (tertiary/aromatic N) is 2. The van der Waals surface area contributed by atoms with Crippen LogP contribution in [0.3, 0.4) is 0 Å². The Morgan fingerprint density at radius 3 is 2.77 bits per heavy atom. The third kappa shape index (κ3) is 3.51. The topological polar surface area (TPSA) is 97.0 Å². The Morgan fingerprint density at radius 1 is 1.36 bits per heavy atom.